The van der Waals surface area contributed by atoms with Crippen molar-refractivity contribution in [1.82, 2.24) is 9.97 Å². The normalized spacial score (nSPS) is 12.6. The van der Waals surface area contributed by atoms with Crippen molar-refractivity contribution in [3.63, 3.8) is 0 Å². The third-order valence-corrected chi connectivity index (χ3v) is 3.29. The van der Waals surface area contributed by atoms with Gasteiger partial charge in [-0.1, -0.05) is 29.8 Å². The van der Waals surface area contributed by atoms with Crippen LogP contribution in [0, 0.1) is 6.92 Å². The van der Waals surface area contributed by atoms with Crippen molar-refractivity contribution in [3.05, 3.63) is 52.6 Å². The first-order valence-corrected chi connectivity index (χ1v) is 6.47. The van der Waals surface area contributed by atoms with Crippen LogP contribution in [0.2, 0.25) is 5.02 Å². The van der Waals surface area contributed by atoms with Gasteiger partial charge in [-0.05, 0) is 37.8 Å². The molecule has 0 aliphatic heterocycles. The summed E-state index contributed by atoms with van der Waals surface area (Å²) >= 11 is 6.04. The van der Waals surface area contributed by atoms with E-state index in [1.165, 1.54) is 0 Å². The molecule has 2 aromatic rings. The SMILES string of the molecule is Cc1ncc(CCCC(O)c2ccccc2Cl)[nH]1. The second-order valence-corrected chi connectivity index (χ2v) is 4.83. The van der Waals surface area contributed by atoms with E-state index in [1.54, 1.807) is 6.07 Å². The monoisotopic (exact) mass is 264 g/mol. The maximum Gasteiger partial charge on any atom is 0.103 e. The Morgan fingerprint density at radius 3 is 2.83 bits per heavy atom. The van der Waals surface area contributed by atoms with E-state index in [0.717, 1.165) is 29.9 Å². The number of hydrogen-bond donors (Lipinski definition) is 2. The van der Waals surface area contributed by atoms with Gasteiger partial charge in [0.1, 0.15) is 5.82 Å². The lowest BCUT2D eigenvalue weighted by atomic mass is 10.0. The summed E-state index contributed by atoms with van der Waals surface area (Å²) in [5.41, 5.74) is 1.92. The molecule has 0 amide bonds. The van der Waals surface area contributed by atoms with E-state index in [1.807, 2.05) is 31.3 Å². The Balaban J connectivity index is 1.85. The number of benzene rings is 1. The number of nitrogens with zero attached hydrogens (tertiary/aromatic N) is 1. The lowest BCUT2D eigenvalue weighted by Crippen LogP contribution is -1.99. The molecule has 0 aliphatic carbocycles. The molecule has 0 radical (unpaired) electrons. The number of aryl methyl sites for hydroxylation is 2. The largest absolute Gasteiger partial charge is 0.388 e. The molecule has 1 atom stereocenters. The predicted molar refractivity (Wildman–Crippen MR) is 72.7 cm³/mol. The van der Waals surface area contributed by atoms with Crippen molar-refractivity contribution in [3.8, 4) is 0 Å². The van der Waals surface area contributed by atoms with E-state index in [2.05, 4.69) is 9.97 Å². The Morgan fingerprint density at radius 1 is 1.39 bits per heavy atom. The number of H-pyrrole nitrogens is 1. The van der Waals surface area contributed by atoms with Crippen LogP contribution in [0.1, 0.15) is 36.0 Å². The quantitative estimate of drug-likeness (QED) is 0.869. The molecule has 3 nitrogen and oxygen atoms in total. The van der Waals surface area contributed by atoms with Crippen LogP contribution >= 0.6 is 11.6 Å². The highest BCUT2D eigenvalue weighted by molar-refractivity contribution is 6.31. The van der Waals surface area contributed by atoms with Gasteiger partial charge in [-0.15, -0.1) is 0 Å². The molecule has 2 N–H and O–H groups in total. The molecule has 1 heterocycles. The van der Waals surface area contributed by atoms with Crippen LogP contribution in [0.4, 0.5) is 0 Å². The summed E-state index contributed by atoms with van der Waals surface area (Å²) in [7, 11) is 0. The summed E-state index contributed by atoms with van der Waals surface area (Å²) < 4.78 is 0. The van der Waals surface area contributed by atoms with Crippen LogP contribution in [0.25, 0.3) is 0 Å². The Hall–Kier alpha value is -1.32. The lowest BCUT2D eigenvalue weighted by Gasteiger charge is -2.11. The van der Waals surface area contributed by atoms with E-state index in [0.29, 0.717) is 11.4 Å². The molecule has 1 aromatic carbocycles. The van der Waals surface area contributed by atoms with E-state index in [-0.39, 0.29) is 0 Å². The van der Waals surface area contributed by atoms with Crippen LogP contribution < -0.4 is 0 Å². The van der Waals surface area contributed by atoms with Gasteiger partial charge in [0, 0.05) is 16.9 Å². The second-order valence-electron chi connectivity index (χ2n) is 4.42. The van der Waals surface area contributed by atoms with Gasteiger partial charge in [0.2, 0.25) is 0 Å². The van der Waals surface area contributed by atoms with E-state index in [9.17, 15) is 5.11 Å². The van der Waals surface area contributed by atoms with Crippen molar-refractivity contribution in [2.75, 3.05) is 0 Å². The zero-order valence-corrected chi connectivity index (χ0v) is 11.1. The molecular formula is C14H17ClN2O. The van der Waals surface area contributed by atoms with E-state index >= 15 is 0 Å². The fraction of sp³-hybridized carbons (Fsp3) is 0.357. The Morgan fingerprint density at radius 2 is 2.17 bits per heavy atom. The zero-order valence-electron chi connectivity index (χ0n) is 10.4. The summed E-state index contributed by atoms with van der Waals surface area (Å²) in [6.45, 7) is 1.93. The Kier molecular flexibility index (Phi) is 4.39. The second kappa shape index (κ2) is 6.03. The summed E-state index contributed by atoms with van der Waals surface area (Å²) in [5.74, 6) is 0.927. The molecule has 0 aliphatic rings. The van der Waals surface area contributed by atoms with Crippen molar-refractivity contribution in [2.24, 2.45) is 0 Å². The zero-order chi connectivity index (χ0) is 13.0. The number of halogens is 1. The minimum atomic E-state index is -0.497. The first-order chi connectivity index (χ1) is 8.66. The van der Waals surface area contributed by atoms with E-state index < -0.39 is 6.10 Å². The molecule has 0 spiro atoms. The van der Waals surface area contributed by atoms with Crippen LogP contribution in [-0.2, 0) is 6.42 Å². The van der Waals surface area contributed by atoms with Gasteiger partial charge < -0.3 is 10.1 Å². The topological polar surface area (TPSA) is 48.9 Å². The minimum Gasteiger partial charge on any atom is -0.388 e. The van der Waals surface area contributed by atoms with Gasteiger partial charge >= 0.3 is 0 Å². The summed E-state index contributed by atoms with van der Waals surface area (Å²) in [5, 5.41) is 10.7. The molecule has 4 heteroatoms. The lowest BCUT2D eigenvalue weighted by molar-refractivity contribution is 0.164. The Labute approximate surface area is 112 Å². The number of aromatic nitrogens is 2. The van der Waals surface area contributed by atoms with Crippen molar-refractivity contribution in [1.29, 1.82) is 0 Å². The summed E-state index contributed by atoms with van der Waals surface area (Å²) in [6.07, 6.45) is 3.83. The maximum absolute atomic E-state index is 10.1. The summed E-state index contributed by atoms with van der Waals surface area (Å²) in [6, 6.07) is 7.43. The van der Waals surface area contributed by atoms with Crippen LogP contribution in [0.5, 0.6) is 0 Å². The molecule has 0 saturated carbocycles. The van der Waals surface area contributed by atoms with Gasteiger partial charge in [0.15, 0.2) is 0 Å². The fourth-order valence-corrected chi connectivity index (χ4v) is 2.25. The maximum atomic E-state index is 10.1. The molecule has 96 valence electrons. The fourth-order valence-electron chi connectivity index (χ4n) is 1.99. The molecule has 1 aromatic heterocycles. The molecule has 2 rings (SSSR count). The van der Waals surface area contributed by atoms with Gasteiger partial charge in [0.25, 0.3) is 0 Å². The molecular weight excluding hydrogens is 248 g/mol. The smallest absolute Gasteiger partial charge is 0.103 e. The van der Waals surface area contributed by atoms with Gasteiger partial charge in [0.05, 0.1) is 6.10 Å². The number of hydrogen-bond acceptors (Lipinski definition) is 2. The number of rotatable bonds is 5. The first kappa shape index (κ1) is 13.1. The highest BCUT2D eigenvalue weighted by Gasteiger charge is 2.10. The number of nitrogens with one attached hydrogen (secondary N) is 1. The van der Waals surface area contributed by atoms with Crippen molar-refractivity contribution >= 4 is 11.6 Å². The highest BCUT2D eigenvalue weighted by Crippen LogP contribution is 2.26. The van der Waals surface area contributed by atoms with Crippen LogP contribution in [0.3, 0.4) is 0 Å². The molecule has 0 bridgehead atoms. The van der Waals surface area contributed by atoms with Crippen LogP contribution in [0.15, 0.2) is 30.5 Å². The van der Waals surface area contributed by atoms with Gasteiger partial charge in [-0.25, -0.2) is 4.98 Å². The van der Waals surface area contributed by atoms with E-state index in [4.69, 9.17) is 11.6 Å². The molecule has 18 heavy (non-hydrogen) atoms. The number of aliphatic hydroxyl groups is 1. The van der Waals surface area contributed by atoms with Gasteiger partial charge in [-0.3, -0.25) is 0 Å². The average Bonchev–Trinajstić information content (AvgIpc) is 2.75. The Bertz CT molecular complexity index is 510. The van der Waals surface area contributed by atoms with Crippen molar-refractivity contribution < 1.29 is 5.11 Å². The molecule has 1 unspecified atom stereocenters. The number of aliphatic hydroxyl groups excluding tert-OH is 1. The standard InChI is InChI=1S/C14H17ClN2O/c1-10-16-9-11(17-10)5-4-8-14(18)12-6-2-3-7-13(12)15/h2-3,6-7,9,14,18H,4-5,8H2,1H3,(H,16,17). The molecule has 0 saturated heterocycles. The van der Waals surface area contributed by atoms with Crippen molar-refractivity contribution in [2.45, 2.75) is 32.3 Å². The third-order valence-electron chi connectivity index (χ3n) is 2.94. The number of imidazole rings is 1. The molecule has 0 fully saturated rings. The predicted octanol–water partition coefficient (Wildman–Crippen LogP) is 3.43. The third kappa shape index (κ3) is 3.34. The summed E-state index contributed by atoms with van der Waals surface area (Å²) in [4.78, 5) is 7.33. The number of aromatic amines is 1. The highest BCUT2D eigenvalue weighted by atomic mass is 35.5. The first-order valence-electron chi connectivity index (χ1n) is 6.10. The average molecular weight is 265 g/mol. The minimum absolute atomic E-state index is 0.497. The van der Waals surface area contributed by atoms with Crippen LogP contribution in [-0.4, -0.2) is 15.1 Å². The van der Waals surface area contributed by atoms with Gasteiger partial charge in [-0.2, -0.15) is 0 Å².